The molecule has 1 aliphatic rings. The Morgan fingerprint density at radius 3 is 3.00 bits per heavy atom. The van der Waals surface area contributed by atoms with E-state index >= 15 is 0 Å². The van der Waals surface area contributed by atoms with Crippen LogP contribution in [0.15, 0.2) is 0 Å². The van der Waals surface area contributed by atoms with Gasteiger partial charge in [-0.25, -0.2) is 0 Å². The van der Waals surface area contributed by atoms with E-state index in [1.165, 1.54) is 38.2 Å². The Morgan fingerprint density at radius 1 is 1.53 bits per heavy atom. The summed E-state index contributed by atoms with van der Waals surface area (Å²) in [5.41, 5.74) is 0. The van der Waals surface area contributed by atoms with Crippen molar-refractivity contribution in [2.75, 3.05) is 37.7 Å². The van der Waals surface area contributed by atoms with Gasteiger partial charge in [0, 0.05) is 24.9 Å². The molecule has 1 rings (SSSR count). The molecule has 1 fully saturated rings. The van der Waals surface area contributed by atoms with Crippen LogP contribution in [0.3, 0.4) is 0 Å². The van der Waals surface area contributed by atoms with E-state index in [2.05, 4.69) is 30.0 Å². The molecule has 0 saturated carbocycles. The van der Waals surface area contributed by atoms with E-state index in [9.17, 15) is 0 Å². The molecule has 0 aromatic heterocycles. The Bertz CT molecular complexity index is 237. The third kappa shape index (κ3) is 5.81. The molecule has 0 spiro atoms. The molecular formula is C14H26N2S. The molecular weight excluding hydrogens is 228 g/mol. The minimum absolute atomic E-state index is 0.726. The third-order valence-electron chi connectivity index (χ3n) is 3.38. The minimum atomic E-state index is 0.726. The summed E-state index contributed by atoms with van der Waals surface area (Å²) in [5, 5.41) is 3.66. The number of rotatable bonds is 7. The van der Waals surface area contributed by atoms with Gasteiger partial charge in [-0.05, 0) is 31.8 Å². The molecule has 1 N–H and O–H groups in total. The van der Waals surface area contributed by atoms with Gasteiger partial charge in [-0.1, -0.05) is 19.8 Å². The number of thioether (sulfide) groups is 1. The topological polar surface area (TPSA) is 15.3 Å². The number of piperidine rings is 1. The summed E-state index contributed by atoms with van der Waals surface area (Å²) < 4.78 is 0. The normalized spacial score (nSPS) is 25.7. The summed E-state index contributed by atoms with van der Waals surface area (Å²) in [7, 11) is 0. The number of terminal acetylenes is 1. The van der Waals surface area contributed by atoms with Crippen LogP contribution in [0.5, 0.6) is 0 Å². The van der Waals surface area contributed by atoms with E-state index in [0.717, 1.165) is 24.3 Å². The maximum Gasteiger partial charge on any atom is 0.0545 e. The van der Waals surface area contributed by atoms with Gasteiger partial charge in [-0.15, -0.1) is 18.2 Å². The molecule has 1 saturated heterocycles. The van der Waals surface area contributed by atoms with Gasteiger partial charge in [0.25, 0.3) is 0 Å². The summed E-state index contributed by atoms with van der Waals surface area (Å²) in [5.74, 6) is 5.47. The number of hydrogen-bond donors (Lipinski definition) is 1. The first-order chi connectivity index (χ1) is 8.27. The van der Waals surface area contributed by atoms with Crippen LogP contribution in [0.4, 0.5) is 0 Å². The van der Waals surface area contributed by atoms with E-state index in [-0.39, 0.29) is 0 Å². The van der Waals surface area contributed by atoms with E-state index in [1.807, 2.05) is 11.8 Å². The number of likely N-dealkylation sites (tertiary alicyclic amines) is 1. The van der Waals surface area contributed by atoms with E-state index in [4.69, 9.17) is 6.42 Å². The summed E-state index contributed by atoms with van der Waals surface area (Å²) in [6, 6.07) is 0.726. The lowest BCUT2D eigenvalue weighted by molar-refractivity contribution is 0.155. The highest BCUT2D eigenvalue weighted by atomic mass is 32.2. The van der Waals surface area contributed by atoms with Gasteiger partial charge in [0.2, 0.25) is 0 Å². The van der Waals surface area contributed by atoms with Crippen molar-refractivity contribution in [3.05, 3.63) is 0 Å². The molecule has 0 bridgehead atoms. The maximum atomic E-state index is 5.24. The second-order valence-corrected chi connectivity index (χ2v) is 5.99. The van der Waals surface area contributed by atoms with Gasteiger partial charge in [0.15, 0.2) is 0 Å². The fourth-order valence-corrected chi connectivity index (χ4v) is 3.04. The Hall–Kier alpha value is -0.170. The van der Waals surface area contributed by atoms with Crippen LogP contribution in [0.25, 0.3) is 0 Å². The molecule has 0 aromatic carbocycles. The van der Waals surface area contributed by atoms with Crippen LogP contribution in [-0.4, -0.2) is 48.6 Å². The lowest BCUT2D eigenvalue weighted by Crippen LogP contribution is -2.48. The predicted octanol–water partition coefficient (Wildman–Crippen LogP) is 2.06. The van der Waals surface area contributed by atoms with Crippen molar-refractivity contribution >= 4 is 11.8 Å². The van der Waals surface area contributed by atoms with Crippen LogP contribution in [-0.2, 0) is 0 Å². The second-order valence-electron chi connectivity index (χ2n) is 4.88. The SMILES string of the molecule is C#CCSCCN1CCC(NCCC)C(C)C1. The molecule has 2 unspecified atom stereocenters. The first-order valence-corrected chi connectivity index (χ1v) is 7.90. The number of nitrogens with zero attached hydrogens (tertiary/aromatic N) is 1. The number of hydrogen-bond acceptors (Lipinski definition) is 3. The molecule has 3 heteroatoms. The molecule has 2 atom stereocenters. The maximum absolute atomic E-state index is 5.24. The Morgan fingerprint density at radius 2 is 2.35 bits per heavy atom. The molecule has 98 valence electrons. The van der Waals surface area contributed by atoms with Crippen molar-refractivity contribution < 1.29 is 0 Å². The summed E-state index contributed by atoms with van der Waals surface area (Å²) in [4.78, 5) is 2.58. The first kappa shape index (κ1) is 14.9. The van der Waals surface area contributed by atoms with E-state index in [1.54, 1.807) is 0 Å². The third-order valence-corrected chi connectivity index (χ3v) is 4.23. The van der Waals surface area contributed by atoms with Crippen molar-refractivity contribution in [1.29, 1.82) is 0 Å². The van der Waals surface area contributed by atoms with Crippen molar-refractivity contribution in [2.45, 2.75) is 32.7 Å². The molecule has 1 heterocycles. The van der Waals surface area contributed by atoms with Gasteiger partial charge >= 0.3 is 0 Å². The first-order valence-electron chi connectivity index (χ1n) is 6.74. The lowest BCUT2D eigenvalue weighted by Gasteiger charge is -2.37. The second kappa shape index (κ2) is 8.85. The Labute approximate surface area is 111 Å². The van der Waals surface area contributed by atoms with Crippen molar-refractivity contribution in [3.8, 4) is 12.3 Å². The summed E-state index contributed by atoms with van der Waals surface area (Å²) in [6.07, 6.45) is 7.77. The predicted molar refractivity (Wildman–Crippen MR) is 78.5 cm³/mol. The highest BCUT2D eigenvalue weighted by Gasteiger charge is 2.24. The van der Waals surface area contributed by atoms with Gasteiger partial charge < -0.3 is 10.2 Å². The highest BCUT2D eigenvalue weighted by molar-refractivity contribution is 7.99. The molecule has 0 amide bonds. The molecule has 0 aliphatic carbocycles. The van der Waals surface area contributed by atoms with Crippen LogP contribution < -0.4 is 5.32 Å². The average Bonchev–Trinajstić information content (AvgIpc) is 2.34. The molecule has 0 aromatic rings. The minimum Gasteiger partial charge on any atom is -0.314 e. The Kier molecular flexibility index (Phi) is 7.75. The zero-order valence-corrected chi connectivity index (χ0v) is 12.1. The highest BCUT2D eigenvalue weighted by Crippen LogP contribution is 2.17. The van der Waals surface area contributed by atoms with Crippen LogP contribution in [0.1, 0.15) is 26.7 Å². The van der Waals surface area contributed by atoms with Crippen molar-refractivity contribution in [2.24, 2.45) is 5.92 Å². The standard InChI is InChI=1S/C14H26N2S/c1-4-7-15-14-6-8-16(12-13(14)3)9-11-17-10-5-2/h2,13-15H,4,6-12H2,1,3H3. The van der Waals surface area contributed by atoms with E-state index < -0.39 is 0 Å². The van der Waals surface area contributed by atoms with Gasteiger partial charge in [-0.2, -0.15) is 0 Å². The van der Waals surface area contributed by atoms with Crippen LogP contribution in [0.2, 0.25) is 0 Å². The quantitative estimate of drug-likeness (QED) is 0.553. The van der Waals surface area contributed by atoms with Crippen molar-refractivity contribution in [1.82, 2.24) is 10.2 Å². The van der Waals surface area contributed by atoms with Gasteiger partial charge in [0.1, 0.15) is 0 Å². The zero-order chi connectivity index (χ0) is 12.5. The number of nitrogens with one attached hydrogen (secondary N) is 1. The fourth-order valence-electron chi connectivity index (χ4n) is 2.39. The molecule has 1 aliphatic heterocycles. The zero-order valence-electron chi connectivity index (χ0n) is 11.2. The van der Waals surface area contributed by atoms with Crippen LogP contribution >= 0.6 is 11.8 Å². The fraction of sp³-hybridized carbons (Fsp3) is 0.857. The van der Waals surface area contributed by atoms with Gasteiger partial charge in [-0.3, -0.25) is 0 Å². The van der Waals surface area contributed by atoms with Crippen LogP contribution in [0, 0.1) is 18.3 Å². The largest absolute Gasteiger partial charge is 0.314 e. The molecule has 2 nitrogen and oxygen atoms in total. The molecule has 0 radical (unpaired) electrons. The smallest absolute Gasteiger partial charge is 0.0545 e. The summed E-state index contributed by atoms with van der Waals surface area (Å²) in [6.45, 7) is 9.42. The Balaban J connectivity index is 2.15. The summed E-state index contributed by atoms with van der Waals surface area (Å²) >= 11 is 1.87. The van der Waals surface area contributed by atoms with Gasteiger partial charge in [0.05, 0.1) is 5.75 Å². The monoisotopic (exact) mass is 254 g/mol. The lowest BCUT2D eigenvalue weighted by atomic mass is 9.94. The van der Waals surface area contributed by atoms with Crippen molar-refractivity contribution in [3.63, 3.8) is 0 Å². The average molecular weight is 254 g/mol. The molecule has 17 heavy (non-hydrogen) atoms. The van der Waals surface area contributed by atoms with E-state index in [0.29, 0.717) is 0 Å².